The summed E-state index contributed by atoms with van der Waals surface area (Å²) in [6.07, 6.45) is -6.93. The highest BCUT2D eigenvalue weighted by molar-refractivity contribution is 7.10. The minimum Gasteiger partial charge on any atom is -0.480 e. The summed E-state index contributed by atoms with van der Waals surface area (Å²) in [5.41, 5.74) is 13.9. The molecule has 0 saturated carbocycles. The zero-order valence-corrected chi connectivity index (χ0v) is 20.4. The number of carbonyl (C=O) groups is 1. The fraction of sp³-hybridized carbons (Fsp3) is 0.192. The lowest BCUT2D eigenvalue weighted by molar-refractivity contribution is -0.198. The van der Waals surface area contributed by atoms with E-state index in [-0.39, 0.29) is 29.5 Å². The van der Waals surface area contributed by atoms with Gasteiger partial charge >= 0.3 is 12.1 Å². The summed E-state index contributed by atoms with van der Waals surface area (Å²) in [6, 6.07) is 14.9. The minimum absolute atomic E-state index is 0.0503. The van der Waals surface area contributed by atoms with E-state index in [0.29, 0.717) is 22.3 Å². The van der Waals surface area contributed by atoms with Crippen LogP contribution in [0.25, 0.3) is 22.4 Å². The molecule has 0 spiro atoms. The van der Waals surface area contributed by atoms with Crippen LogP contribution in [0.4, 0.5) is 19.1 Å². The molecule has 0 radical (unpaired) electrons. The number of carboxylic acids is 1. The van der Waals surface area contributed by atoms with Gasteiger partial charge in [-0.25, -0.2) is 4.98 Å². The smallest absolute Gasteiger partial charge is 0.429 e. The molecule has 192 valence electrons. The molecule has 0 aliphatic rings. The Hall–Kier alpha value is -3.96. The number of nitrogen functional groups attached to an aromatic ring is 1. The SMILES string of the molecule is Cc1cc(-c2ccccc2C(Oc2cc(-c3ccc(C[C@H](N)C(=O)O)cc3)nc(N)n2)C(F)(F)F)cs1. The number of benzene rings is 2. The van der Waals surface area contributed by atoms with Crippen LogP contribution in [0.5, 0.6) is 5.88 Å². The molecule has 0 amide bonds. The molecule has 4 rings (SSSR count). The number of aromatic nitrogens is 2. The number of halogens is 3. The summed E-state index contributed by atoms with van der Waals surface area (Å²) in [5.74, 6) is -1.71. The molecule has 2 aromatic heterocycles. The van der Waals surface area contributed by atoms with E-state index < -0.39 is 24.3 Å². The summed E-state index contributed by atoms with van der Waals surface area (Å²) in [7, 11) is 0. The van der Waals surface area contributed by atoms with E-state index in [1.165, 1.54) is 29.5 Å². The van der Waals surface area contributed by atoms with Crippen LogP contribution in [-0.4, -0.2) is 33.3 Å². The molecule has 2 heterocycles. The second-order valence-electron chi connectivity index (χ2n) is 8.37. The van der Waals surface area contributed by atoms with Crippen LogP contribution in [0, 0.1) is 6.92 Å². The second kappa shape index (κ2) is 10.6. The normalized spacial score (nSPS) is 13.2. The molecule has 0 aliphatic carbocycles. The van der Waals surface area contributed by atoms with Crippen molar-refractivity contribution in [2.24, 2.45) is 5.73 Å². The third kappa shape index (κ3) is 6.25. The Labute approximate surface area is 214 Å². The Morgan fingerprint density at radius 3 is 2.41 bits per heavy atom. The summed E-state index contributed by atoms with van der Waals surface area (Å²) in [4.78, 5) is 20.0. The predicted octanol–water partition coefficient (Wildman–Crippen LogP) is 5.40. The van der Waals surface area contributed by atoms with E-state index in [0.717, 1.165) is 4.88 Å². The number of ether oxygens (including phenoxy) is 1. The fourth-order valence-electron chi connectivity index (χ4n) is 3.80. The van der Waals surface area contributed by atoms with E-state index in [2.05, 4.69) is 9.97 Å². The summed E-state index contributed by atoms with van der Waals surface area (Å²) < 4.78 is 48.3. The maximum atomic E-state index is 14.3. The molecular formula is C26H23F3N4O3S. The molecule has 0 bridgehead atoms. The molecule has 7 nitrogen and oxygen atoms in total. The fourth-order valence-corrected chi connectivity index (χ4v) is 4.51. The number of hydrogen-bond donors (Lipinski definition) is 3. The van der Waals surface area contributed by atoms with Crippen molar-refractivity contribution in [3.8, 4) is 28.3 Å². The number of thiophene rings is 1. The van der Waals surface area contributed by atoms with E-state index >= 15 is 0 Å². The van der Waals surface area contributed by atoms with E-state index in [9.17, 15) is 18.0 Å². The van der Waals surface area contributed by atoms with Crippen LogP contribution >= 0.6 is 11.3 Å². The molecule has 1 unspecified atom stereocenters. The number of nitrogens with two attached hydrogens (primary N) is 2. The van der Waals surface area contributed by atoms with Crippen molar-refractivity contribution < 1.29 is 27.8 Å². The number of anilines is 1. The number of alkyl halides is 3. The number of aryl methyl sites for hydroxylation is 1. The van der Waals surface area contributed by atoms with Crippen molar-refractivity contribution in [2.75, 3.05) is 5.73 Å². The van der Waals surface area contributed by atoms with Crippen molar-refractivity contribution >= 4 is 23.3 Å². The quantitative estimate of drug-likeness (QED) is 0.280. The number of nitrogens with zero attached hydrogens (tertiary/aromatic N) is 2. The van der Waals surface area contributed by atoms with Crippen molar-refractivity contribution in [2.45, 2.75) is 31.7 Å². The van der Waals surface area contributed by atoms with Crippen LogP contribution in [0.2, 0.25) is 0 Å². The van der Waals surface area contributed by atoms with Gasteiger partial charge in [-0.05, 0) is 41.5 Å². The zero-order chi connectivity index (χ0) is 26.7. The lowest BCUT2D eigenvalue weighted by Gasteiger charge is -2.24. The van der Waals surface area contributed by atoms with Gasteiger partial charge in [-0.1, -0.05) is 48.5 Å². The molecule has 0 saturated heterocycles. The molecule has 2 aromatic carbocycles. The largest absolute Gasteiger partial charge is 0.480 e. The van der Waals surface area contributed by atoms with Crippen molar-refractivity contribution in [3.05, 3.63) is 82.0 Å². The first-order valence-corrected chi connectivity index (χ1v) is 12.0. The highest BCUT2D eigenvalue weighted by Gasteiger charge is 2.44. The highest BCUT2D eigenvalue weighted by atomic mass is 32.1. The third-order valence-electron chi connectivity index (χ3n) is 5.56. The molecular weight excluding hydrogens is 505 g/mol. The average molecular weight is 529 g/mol. The summed E-state index contributed by atoms with van der Waals surface area (Å²) >= 11 is 1.44. The van der Waals surface area contributed by atoms with Crippen LogP contribution in [0.1, 0.15) is 22.1 Å². The molecule has 37 heavy (non-hydrogen) atoms. The first-order valence-electron chi connectivity index (χ1n) is 11.1. The zero-order valence-electron chi connectivity index (χ0n) is 19.6. The third-order valence-corrected chi connectivity index (χ3v) is 6.42. The molecule has 11 heteroatoms. The number of aliphatic carboxylic acids is 1. The average Bonchev–Trinajstić information content (AvgIpc) is 3.28. The first kappa shape index (κ1) is 26.1. The van der Waals surface area contributed by atoms with Gasteiger partial charge < -0.3 is 21.3 Å². The maximum absolute atomic E-state index is 14.3. The topological polar surface area (TPSA) is 124 Å². The van der Waals surface area contributed by atoms with E-state index in [1.54, 1.807) is 41.8 Å². The Balaban J connectivity index is 1.66. The lowest BCUT2D eigenvalue weighted by atomic mass is 9.97. The van der Waals surface area contributed by atoms with E-state index in [1.807, 2.05) is 13.0 Å². The molecule has 5 N–H and O–H groups in total. The van der Waals surface area contributed by atoms with Crippen LogP contribution in [0.15, 0.2) is 66.0 Å². The number of hydrogen-bond acceptors (Lipinski definition) is 7. The van der Waals surface area contributed by atoms with Crippen LogP contribution < -0.4 is 16.2 Å². The van der Waals surface area contributed by atoms with Gasteiger partial charge in [0.25, 0.3) is 0 Å². The maximum Gasteiger partial charge on any atom is 0.429 e. The van der Waals surface area contributed by atoms with E-state index in [4.69, 9.17) is 21.3 Å². The summed E-state index contributed by atoms with van der Waals surface area (Å²) in [6.45, 7) is 1.88. The van der Waals surface area contributed by atoms with Crippen molar-refractivity contribution in [1.82, 2.24) is 9.97 Å². The highest BCUT2D eigenvalue weighted by Crippen LogP contribution is 2.41. The second-order valence-corrected chi connectivity index (χ2v) is 9.48. The minimum atomic E-state index is -4.74. The number of carboxylic acid groups (broad SMARTS) is 1. The Morgan fingerprint density at radius 1 is 1.08 bits per heavy atom. The van der Waals surface area contributed by atoms with Gasteiger partial charge in [-0.15, -0.1) is 11.3 Å². The number of rotatable bonds is 8. The van der Waals surface area contributed by atoms with Crippen molar-refractivity contribution in [3.63, 3.8) is 0 Å². The van der Waals surface area contributed by atoms with Gasteiger partial charge in [0.2, 0.25) is 17.9 Å². The van der Waals surface area contributed by atoms with Crippen LogP contribution in [-0.2, 0) is 11.2 Å². The van der Waals surface area contributed by atoms with Gasteiger partial charge in [-0.3, -0.25) is 4.79 Å². The lowest BCUT2D eigenvalue weighted by Crippen LogP contribution is -2.32. The molecule has 4 aromatic rings. The van der Waals surface area contributed by atoms with Gasteiger partial charge in [0, 0.05) is 22.1 Å². The Morgan fingerprint density at radius 2 is 1.78 bits per heavy atom. The standard InChI is InChI=1S/C26H23F3N4O3S/c1-14-10-17(13-37-14)18-4-2-3-5-19(18)23(26(27,28)29)36-22-12-21(32-25(31)33-22)16-8-6-15(7-9-16)11-20(30)24(34)35/h2-10,12-13,20,23H,11,30H2,1H3,(H,34,35)(H2,31,32,33)/t20-,23?/m0/s1. The monoisotopic (exact) mass is 528 g/mol. The van der Waals surface area contributed by atoms with Crippen molar-refractivity contribution in [1.29, 1.82) is 0 Å². The first-order chi connectivity index (χ1) is 17.5. The predicted molar refractivity (Wildman–Crippen MR) is 135 cm³/mol. The van der Waals surface area contributed by atoms with Gasteiger partial charge in [0.15, 0.2) is 0 Å². The molecule has 2 atom stereocenters. The van der Waals surface area contributed by atoms with Crippen LogP contribution in [0.3, 0.4) is 0 Å². The van der Waals surface area contributed by atoms with Gasteiger partial charge in [0.1, 0.15) is 6.04 Å². The Kier molecular flexibility index (Phi) is 7.46. The molecule has 0 aliphatic heterocycles. The Bertz CT molecular complexity index is 1410. The van der Waals surface area contributed by atoms with Gasteiger partial charge in [-0.2, -0.15) is 18.2 Å². The molecule has 0 fully saturated rings. The van der Waals surface area contributed by atoms with Gasteiger partial charge in [0.05, 0.1) is 5.69 Å². The summed E-state index contributed by atoms with van der Waals surface area (Å²) in [5, 5.41) is 10.8.